The van der Waals surface area contributed by atoms with Crippen molar-refractivity contribution in [3.63, 3.8) is 0 Å². The van der Waals surface area contributed by atoms with E-state index < -0.39 is 52.7 Å². The van der Waals surface area contributed by atoms with Gasteiger partial charge in [-0.05, 0) is 84.2 Å². The highest BCUT2D eigenvalue weighted by molar-refractivity contribution is 7.08. The van der Waals surface area contributed by atoms with Crippen molar-refractivity contribution in [3.05, 3.63) is 117 Å². The average molecular weight is 793 g/mol. The number of benzene rings is 4. The number of carboxylic acids is 1. The number of aromatic hydroxyl groups is 2. The molecule has 1 aromatic heterocycles. The van der Waals surface area contributed by atoms with Crippen LogP contribution in [0.1, 0.15) is 58.2 Å². The summed E-state index contributed by atoms with van der Waals surface area (Å²) in [4.78, 5) is 75.9. The number of carbonyl (C=O) groups excluding carboxylic acids is 5. The monoisotopic (exact) mass is 792 g/mol. The number of nitriles is 1. The van der Waals surface area contributed by atoms with Crippen LogP contribution in [0, 0.1) is 11.3 Å². The average Bonchev–Trinajstić information content (AvgIpc) is 3.74. The number of nitrogens with zero attached hydrogens (tertiary/aromatic N) is 1. The molecule has 17 nitrogen and oxygen atoms in total. The number of ether oxygens (including phenoxy) is 2. The molecule has 0 saturated heterocycles. The van der Waals surface area contributed by atoms with Crippen LogP contribution in [0.25, 0.3) is 0 Å². The molecule has 0 saturated carbocycles. The SMILES string of the molecule is COc1c(NC(=O)c2ccc(NC(=O)c3ccc(NC(=O)C(CC#N)NC(=O)c4ccc(NC(=O)c5ccsc5)cc4)cc3)c(OC)c2O)ccc(C(=O)O)c1O. The van der Waals surface area contributed by atoms with Crippen molar-refractivity contribution in [1.82, 2.24) is 5.32 Å². The molecular weight excluding hydrogens is 761 g/mol. The van der Waals surface area contributed by atoms with Crippen LogP contribution in [-0.4, -0.2) is 71.1 Å². The van der Waals surface area contributed by atoms with Crippen molar-refractivity contribution < 1.29 is 53.6 Å². The number of phenolic OH excluding ortho intramolecular Hbond substituents is 1. The summed E-state index contributed by atoms with van der Waals surface area (Å²) in [5.41, 5.74) is 0.633. The molecular formula is C39H32N6O11S. The van der Waals surface area contributed by atoms with E-state index in [4.69, 9.17) is 9.47 Å². The van der Waals surface area contributed by atoms with Crippen LogP contribution in [0.4, 0.5) is 22.7 Å². The van der Waals surface area contributed by atoms with E-state index in [1.54, 1.807) is 16.8 Å². The van der Waals surface area contributed by atoms with E-state index in [0.717, 1.165) is 13.2 Å². The molecule has 1 atom stereocenters. The van der Waals surface area contributed by atoms with Crippen molar-refractivity contribution in [2.24, 2.45) is 0 Å². The van der Waals surface area contributed by atoms with Gasteiger partial charge in [-0.1, -0.05) is 0 Å². The Morgan fingerprint density at radius 2 is 1.16 bits per heavy atom. The predicted octanol–water partition coefficient (Wildman–Crippen LogP) is 5.28. The number of methoxy groups -OCH3 is 2. The first kappa shape index (κ1) is 40.3. The first-order chi connectivity index (χ1) is 27.3. The van der Waals surface area contributed by atoms with Crippen LogP contribution in [0.15, 0.2) is 89.6 Å². The van der Waals surface area contributed by atoms with E-state index >= 15 is 0 Å². The van der Waals surface area contributed by atoms with Gasteiger partial charge in [0, 0.05) is 27.9 Å². The summed E-state index contributed by atoms with van der Waals surface area (Å²) >= 11 is 1.38. The van der Waals surface area contributed by atoms with E-state index in [9.17, 15) is 49.3 Å². The summed E-state index contributed by atoms with van der Waals surface area (Å²) in [5.74, 6) is -6.55. The number of hydrogen-bond donors (Lipinski definition) is 8. The third kappa shape index (κ3) is 9.43. The van der Waals surface area contributed by atoms with Crippen LogP contribution < -0.4 is 36.1 Å². The molecule has 290 valence electrons. The molecule has 8 N–H and O–H groups in total. The maximum Gasteiger partial charge on any atom is 0.339 e. The minimum Gasteiger partial charge on any atom is -0.504 e. The molecule has 4 aromatic carbocycles. The van der Waals surface area contributed by atoms with Gasteiger partial charge >= 0.3 is 5.97 Å². The fourth-order valence-electron chi connectivity index (χ4n) is 5.27. The lowest BCUT2D eigenvalue weighted by molar-refractivity contribution is -0.117. The van der Waals surface area contributed by atoms with Gasteiger partial charge < -0.3 is 51.4 Å². The number of phenols is 2. The third-order valence-electron chi connectivity index (χ3n) is 8.16. The second-order valence-electron chi connectivity index (χ2n) is 11.8. The van der Waals surface area contributed by atoms with E-state index in [2.05, 4.69) is 26.6 Å². The summed E-state index contributed by atoms with van der Waals surface area (Å²) in [6.07, 6.45) is -0.348. The normalized spacial score (nSPS) is 10.9. The molecule has 0 aliphatic heterocycles. The van der Waals surface area contributed by atoms with Gasteiger partial charge in [0.25, 0.3) is 23.6 Å². The van der Waals surface area contributed by atoms with Crippen LogP contribution in [0.2, 0.25) is 0 Å². The quantitative estimate of drug-likeness (QED) is 0.0714. The van der Waals surface area contributed by atoms with Crippen molar-refractivity contribution in [2.75, 3.05) is 35.5 Å². The molecule has 18 heteroatoms. The summed E-state index contributed by atoms with van der Waals surface area (Å²) in [5, 5.41) is 56.0. The van der Waals surface area contributed by atoms with Gasteiger partial charge in [0.15, 0.2) is 23.0 Å². The molecule has 5 rings (SSSR count). The number of carboxylic acid groups (broad SMARTS) is 1. The van der Waals surface area contributed by atoms with Gasteiger partial charge in [-0.2, -0.15) is 16.6 Å². The van der Waals surface area contributed by atoms with E-state index in [0.29, 0.717) is 11.3 Å². The summed E-state index contributed by atoms with van der Waals surface area (Å²) < 4.78 is 10.3. The predicted molar refractivity (Wildman–Crippen MR) is 207 cm³/mol. The van der Waals surface area contributed by atoms with Crippen LogP contribution in [-0.2, 0) is 4.79 Å². The highest BCUT2D eigenvalue weighted by Gasteiger charge is 2.25. The molecule has 57 heavy (non-hydrogen) atoms. The van der Waals surface area contributed by atoms with E-state index in [1.165, 1.54) is 85.2 Å². The van der Waals surface area contributed by atoms with Crippen molar-refractivity contribution in [1.29, 1.82) is 5.26 Å². The zero-order valence-electron chi connectivity index (χ0n) is 29.9. The standard InChI is InChI=1S/C39H32N6O11S/c1-55-32-27(13-11-25(30(32)46)37(51)44-28-14-12-26(39(53)54)31(47)33(28)56-2)43-34(48)20-5-9-24(10-6-20)42-38(52)29(15-17-40)45-35(49)21-3-7-23(8-4-21)41-36(50)22-16-18-57-19-22/h3-14,16,18-19,29,46-47H,15H2,1-2H3,(H,41,50)(H,42,52)(H,43,48)(H,44,51)(H,45,49)(H,53,54). The number of anilines is 4. The zero-order valence-corrected chi connectivity index (χ0v) is 30.7. The van der Waals surface area contributed by atoms with Gasteiger partial charge in [0.05, 0.1) is 49.2 Å². The van der Waals surface area contributed by atoms with Crippen LogP contribution in [0.3, 0.4) is 0 Å². The number of carbonyl (C=O) groups is 6. The maximum absolute atomic E-state index is 13.1. The molecule has 5 aromatic rings. The minimum atomic E-state index is -1.42. The minimum absolute atomic E-state index is 0.0113. The Morgan fingerprint density at radius 1 is 0.649 bits per heavy atom. The summed E-state index contributed by atoms with van der Waals surface area (Å²) in [6.45, 7) is 0. The molecule has 5 amide bonds. The Kier molecular flexibility index (Phi) is 12.7. The molecule has 0 aliphatic carbocycles. The van der Waals surface area contributed by atoms with Crippen LogP contribution in [0.5, 0.6) is 23.0 Å². The third-order valence-corrected chi connectivity index (χ3v) is 8.85. The number of aromatic carboxylic acids is 1. The summed E-state index contributed by atoms with van der Waals surface area (Å²) in [7, 11) is 2.36. The highest BCUT2D eigenvalue weighted by atomic mass is 32.1. The highest BCUT2D eigenvalue weighted by Crippen LogP contribution is 2.40. The zero-order chi connectivity index (χ0) is 41.2. The Balaban J connectivity index is 1.20. The first-order valence-corrected chi connectivity index (χ1v) is 17.5. The molecule has 0 radical (unpaired) electrons. The number of amides is 5. The number of nitrogens with one attached hydrogen (secondary N) is 5. The smallest absolute Gasteiger partial charge is 0.339 e. The van der Waals surface area contributed by atoms with Crippen molar-refractivity contribution >= 4 is 69.6 Å². The van der Waals surface area contributed by atoms with E-state index in [-0.39, 0.29) is 57.6 Å². The number of thiophene rings is 1. The van der Waals surface area contributed by atoms with Crippen molar-refractivity contribution in [2.45, 2.75) is 12.5 Å². The number of rotatable bonds is 14. The Bertz CT molecular complexity index is 2390. The fraction of sp³-hybridized carbons (Fsp3) is 0.103. The van der Waals surface area contributed by atoms with Crippen molar-refractivity contribution in [3.8, 4) is 29.1 Å². The Hall–Kier alpha value is -7.91. The lowest BCUT2D eigenvalue weighted by Gasteiger charge is -2.17. The second kappa shape index (κ2) is 17.9. The maximum atomic E-state index is 13.1. The lowest BCUT2D eigenvalue weighted by Crippen LogP contribution is -2.43. The van der Waals surface area contributed by atoms with Gasteiger partial charge in [-0.25, -0.2) is 4.79 Å². The topological polar surface area (TPSA) is 266 Å². The fourth-order valence-corrected chi connectivity index (χ4v) is 5.91. The van der Waals surface area contributed by atoms with E-state index in [1.807, 2.05) is 6.07 Å². The van der Waals surface area contributed by atoms with Crippen LogP contribution >= 0.6 is 11.3 Å². The van der Waals surface area contributed by atoms with Gasteiger partial charge in [0.1, 0.15) is 11.6 Å². The summed E-state index contributed by atoms with van der Waals surface area (Å²) in [6, 6.07) is 18.6. The number of hydrogen-bond acceptors (Lipinski definition) is 12. The van der Waals surface area contributed by atoms with Gasteiger partial charge in [-0.15, -0.1) is 0 Å². The molecule has 0 bridgehead atoms. The Morgan fingerprint density at radius 3 is 1.68 bits per heavy atom. The largest absolute Gasteiger partial charge is 0.504 e. The molecule has 1 heterocycles. The van der Waals surface area contributed by atoms with Gasteiger partial charge in [0.2, 0.25) is 5.91 Å². The molecule has 0 spiro atoms. The first-order valence-electron chi connectivity index (χ1n) is 16.5. The molecule has 0 fully saturated rings. The second-order valence-corrected chi connectivity index (χ2v) is 12.6. The van der Waals surface area contributed by atoms with Gasteiger partial charge in [-0.3, -0.25) is 24.0 Å². The molecule has 1 unspecified atom stereocenters. The molecule has 0 aliphatic rings. The lowest BCUT2D eigenvalue weighted by atomic mass is 10.1. The Labute approximate surface area is 327 Å².